The van der Waals surface area contributed by atoms with Gasteiger partial charge in [-0.2, -0.15) is 0 Å². The van der Waals surface area contributed by atoms with Crippen molar-refractivity contribution >= 4 is 5.97 Å². The Morgan fingerprint density at radius 2 is 1.29 bits per heavy atom. The molecule has 4 aliphatic carbocycles. The van der Waals surface area contributed by atoms with Crippen molar-refractivity contribution in [2.24, 2.45) is 34.5 Å². The van der Waals surface area contributed by atoms with E-state index >= 15 is 0 Å². The molecule has 0 radical (unpaired) electrons. The van der Waals surface area contributed by atoms with Gasteiger partial charge in [-0.3, -0.25) is 0 Å². The minimum Gasteiger partial charge on any atom is -0.458 e. The van der Waals surface area contributed by atoms with Crippen molar-refractivity contribution in [3.05, 3.63) is 11.6 Å². The first-order valence-corrected chi connectivity index (χ1v) is 21.0. The molecule has 8 aliphatic rings. The molecular formula is C41H64O14. The van der Waals surface area contributed by atoms with Crippen LogP contribution in [-0.4, -0.2) is 135 Å². The number of carbonyl (C=O) groups is 1. The number of rotatable bonds is 7. The molecule has 3 saturated heterocycles. The first kappa shape index (κ1) is 40.5. The van der Waals surface area contributed by atoms with Crippen LogP contribution in [-0.2, 0) is 38.0 Å². The largest absolute Gasteiger partial charge is 0.458 e. The highest BCUT2D eigenvalue weighted by Gasteiger charge is 2.71. The monoisotopic (exact) mass is 780 g/mol. The molecule has 8 rings (SSSR count). The molecule has 7 fully saturated rings. The molecule has 21 unspecified atom stereocenters. The van der Waals surface area contributed by atoms with Crippen molar-refractivity contribution in [3.63, 3.8) is 0 Å². The predicted octanol–water partition coefficient (Wildman–Crippen LogP) is 2.22. The molecule has 0 amide bonds. The highest BCUT2D eigenvalue weighted by Crippen LogP contribution is 2.70. The summed E-state index contributed by atoms with van der Waals surface area (Å²) in [6.07, 6.45) is -1.52. The van der Waals surface area contributed by atoms with Gasteiger partial charge in [0.05, 0.1) is 54.4 Å². The Morgan fingerprint density at radius 1 is 0.691 bits per heavy atom. The topological polar surface area (TPSA) is 203 Å². The van der Waals surface area contributed by atoms with Gasteiger partial charge in [-0.1, -0.05) is 13.8 Å². The molecular weight excluding hydrogens is 716 g/mol. The molecule has 4 aliphatic heterocycles. The van der Waals surface area contributed by atoms with E-state index in [1.165, 1.54) is 0 Å². The summed E-state index contributed by atoms with van der Waals surface area (Å²) in [5, 5.41) is 66.9. The van der Waals surface area contributed by atoms with E-state index in [0.29, 0.717) is 30.8 Å². The van der Waals surface area contributed by atoms with Crippen LogP contribution in [0.2, 0.25) is 0 Å². The number of hydrogen-bond donors (Lipinski definition) is 6. The van der Waals surface area contributed by atoms with Gasteiger partial charge in [-0.25, -0.2) is 4.79 Å². The van der Waals surface area contributed by atoms with Crippen LogP contribution >= 0.6 is 0 Å². The normalized spacial score (nSPS) is 55.5. The lowest BCUT2D eigenvalue weighted by atomic mass is 9.42. The van der Waals surface area contributed by atoms with Gasteiger partial charge in [-0.15, -0.1) is 0 Å². The lowest BCUT2D eigenvalue weighted by Gasteiger charge is -2.65. The third kappa shape index (κ3) is 6.85. The summed E-state index contributed by atoms with van der Waals surface area (Å²) in [5.74, 6) is 0.0316. The number of fused-ring (bicyclic) bond motifs is 5. The number of aliphatic hydroxyl groups excluding tert-OH is 5. The van der Waals surface area contributed by atoms with Crippen molar-refractivity contribution < 1.29 is 68.6 Å². The minimum absolute atomic E-state index is 0.0478. The smallest absolute Gasteiger partial charge is 0.334 e. The van der Waals surface area contributed by atoms with Crippen LogP contribution in [0.3, 0.4) is 0 Å². The van der Waals surface area contributed by atoms with Gasteiger partial charge in [-0.05, 0) is 101 Å². The number of cyclic esters (lactones) is 1. The fourth-order valence-electron chi connectivity index (χ4n) is 12.7. The summed E-state index contributed by atoms with van der Waals surface area (Å²) >= 11 is 0. The maximum atomic E-state index is 12.6. The average molecular weight is 781 g/mol. The number of esters is 1. The van der Waals surface area contributed by atoms with Gasteiger partial charge in [0.2, 0.25) is 0 Å². The third-order valence-corrected chi connectivity index (χ3v) is 15.9. The molecule has 312 valence electrons. The zero-order valence-electron chi connectivity index (χ0n) is 32.9. The van der Waals surface area contributed by atoms with Crippen LogP contribution in [0.4, 0.5) is 0 Å². The van der Waals surface area contributed by atoms with Gasteiger partial charge in [0.1, 0.15) is 24.9 Å². The lowest BCUT2D eigenvalue weighted by molar-refractivity contribution is -0.336. The van der Waals surface area contributed by atoms with Crippen molar-refractivity contribution in [1.29, 1.82) is 0 Å². The molecule has 0 spiro atoms. The van der Waals surface area contributed by atoms with Gasteiger partial charge < -0.3 is 63.8 Å². The Kier molecular flexibility index (Phi) is 11.1. The SMILES string of the molecule is CC1OC(OC2C(O)CC(OC3C(O)CC(OC4CCC5(C)C(CCC6C5CC(O)C5(C)C(C7=CCOC7=O)CCC65O)C4)OC3C)OC2C)CC(O)C1O. The van der Waals surface area contributed by atoms with Gasteiger partial charge in [0.15, 0.2) is 18.9 Å². The number of carbonyl (C=O) groups excluding carboxylic acids is 1. The van der Waals surface area contributed by atoms with Crippen LogP contribution in [0.1, 0.15) is 105 Å². The Hall–Kier alpha value is -1.27. The van der Waals surface area contributed by atoms with Crippen molar-refractivity contribution in [3.8, 4) is 0 Å². The zero-order chi connectivity index (χ0) is 39.2. The van der Waals surface area contributed by atoms with E-state index in [1.54, 1.807) is 13.8 Å². The standard InChI is InChI=1S/C41H64O14/c1-19-35(46)28(42)16-33(50-19)54-37-21(3)52-34(18-30(37)44)55-36-20(2)51-32(17-29(36)43)53-23-8-11-39(4)22(14-23)6-7-26-27(39)15-31(45)40(5)25(9-12-41(26,40)48)24-10-13-49-38(24)47/h10,19-23,25-37,42-46,48H,6-9,11-18H2,1-5H3. The third-order valence-electron chi connectivity index (χ3n) is 15.9. The van der Waals surface area contributed by atoms with E-state index in [0.717, 1.165) is 32.1 Å². The summed E-state index contributed by atoms with van der Waals surface area (Å²) in [6, 6.07) is 0. The summed E-state index contributed by atoms with van der Waals surface area (Å²) in [6.45, 7) is 9.86. The first-order valence-electron chi connectivity index (χ1n) is 21.0. The van der Waals surface area contributed by atoms with Gasteiger partial charge in [0, 0.05) is 36.2 Å². The molecule has 0 aromatic heterocycles. The number of ether oxygens (including phenoxy) is 7. The van der Waals surface area contributed by atoms with E-state index in [-0.39, 0.29) is 61.1 Å². The van der Waals surface area contributed by atoms with Crippen LogP contribution in [0.5, 0.6) is 0 Å². The fourth-order valence-corrected chi connectivity index (χ4v) is 12.7. The highest BCUT2D eigenvalue weighted by molar-refractivity contribution is 5.91. The first-order chi connectivity index (χ1) is 26.0. The molecule has 6 N–H and O–H groups in total. The molecule has 4 heterocycles. The molecule has 55 heavy (non-hydrogen) atoms. The van der Waals surface area contributed by atoms with Crippen molar-refractivity contribution in [2.75, 3.05) is 6.61 Å². The number of aliphatic hydroxyl groups is 6. The lowest BCUT2D eigenvalue weighted by Crippen LogP contribution is -2.67. The predicted molar refractivity (Wildman–Crippen MR) is 193 cm³/mol. The van der Waals surface area contributed by atoms with Crippen LogP contribution in [0.25, 0.3) is 0 Å². The van der Waals surface area contributed by atoms with E-state index in [2.05, 4.69) is 6.92 Å². The minimum atomic E-state index is -1.06. The van der Waals surface area contributed by atoms with E-state index in [1.807, 2.05) is 19.9 Å². The summed E-state index contributed by atoms with van der Waals surface area (Å²) in [4.78, 5) is 12.6. The second-order valence-corrected chi connectivity index (χ2v) is 18.7. The molecule has 4 saturated carbocycles. The Balaban J connectivity index is 0.839. The van der Waals surface area contributed by atoms with E-state index in [4.69, 9.17) is 33.2 Å². The second-order valence-electron chi connectivity index (χ2n) is 18.7. The summed E-state index contributed by atoms with van der Waals surface area (Å²) in [5.41, 5.74) is -1.31. The van der Waals surface area contributed by atoms with E-state index < -0.39 is 90.9 Å². The molecule has 14 heteroatoms. The maximum Gasteiger partial charge on any atom is 0.334 e. The average Bonchev–Trinajstić information content (AvgIpc) is 3.67. The van der Waals surface area contributed by atoms with Crippen molar-refractivity contribution in [1.82, 2.24) is 0 Å². The maximum absolute atomic E-state index is 12.6. The van der Waals surface area contributed by atoms with Crippen LogP contribution in [0, 0.1) is 34.5 Å². The quantitative estimate of drug-likeness (QED) is 0.162. The van der Waals surface area contributed by atoms with Gasteiger partial charge in [0.25, 0.3) is 0 Å². The second kappa shape index (κ2) is 15.1. The zero-order valence-corrected chi connectivity index (χ0v) is 32.9. The molecule has 14 nitrogen and oxygen atoms in total. The molecule has 21 atom stereocenters. The van der Waals surface area contributed by atoms with Crippen LogP contribution in [0.15, 0.2) is 11.6 Å². The Bertz CT molecular complexity index is 1410. The molecule has 0 aromatic rings. The molecule has 0 bridgehead atoms. The molecule has 0 aromatic carbocycles. The Labute approximate surface area is 323 Å². The summed E-state index contributed by atoms with van der Waals surface area (Å²) in [7, 11) is 0. The van der Waals surface area contributed by atoms with Gasteiger partial charge >= 0.3 is 5.97 Å². The Morgan fingerprint density at radius 3 is 1.87 bits per heavy atom. The van der Waals surface area contributed by atoms with Crippen LogP contribution < -0.4 is 0 Å². The summed E-state index contributed by atoms with van der Waals surface area (Å²) < 4.78 is 42.1. The number of hydrogen-bond acceptors (Lipinski definition) is 14. The fraction of sp³-hybridized carbons (Fsp3) is 0.927. The van der Waals surface area contributed by atoms with Crippen molar-refractivity contribution in [2.45, 2.75) is 197 Å². The van der Waals surface area contributed by atoms with E-state index in [9.17, 15) is 35.4 Å². The highest BCUT2D eigenvalue weighted by atomic mass is 16.7.